The molecule has 28 heavy (non-hydrogen) atoms. The zero-order chi connectivity index (χ0) is 20.1. The summed E-state index contributed by atoms with van der Waals surface area (Å²) in [5.41, 5.74) is 8.41. The Morgan fingerprint density at radius 1 is 1.14 bits per heavy atom. The first-order valence-corrected chi connectivity index (χ1v) is 8.94. The lowest BCUT2D eigenvalue weighted by atomic mass is 10.1. The Morgan fingerprint density at radius 2 is 1.89 bits per heavy atom. The maximum atomic E-state index is 12.6. The number of pyridine rings is 1. The molecule has 0 atom stereocenters. The Hall–Kier alpha value is -3.09. The third kappa shape index (κ3) is 4.79. The zero-order valence-electron chi connectivity index (χ0n) is 15.5. The van der Waals surface area contributed by atoms with Gasteiger partial charge in [-0.15, -0.1) is 0 Å². The quantitative estimate of drug-likeness (QED) is 0.622. The first-order valence-electron chi connectivity index (χ1n) is 8.56. The highest BCUT2D eigenvalue weighted by atomic mass is 35.5. The van der Waals surface area contributed by atoms with Crippen molar-refractivity contribution in [2.75, 3.05) is 18.2 Å². The van der Waals surface area contributed by atoms with Crippen LogP contribution >= 0.6 is 11.6 Å². The molecule has 1 amide bonds. The number of amides is 1. The molecule has 1 aromatic heterocycles. The Labute approximate surface area is 168 Å². The predicted octanol–water partition coefficient (Wildman–Crippen LogP) is 4.82. The second-order valence-electron chi connectivity index (χ2n) is 6.16. The summed E-state index contributed by atoms with van der Waals surface area (Å²) >= 11 is 5.95. The van der Waals surface area contributed by atoms with Crippen molar-refractivity contribution in [2.45, 2.75) is 13.5 Å². The van der Waals surface area contributed by atoms with Crippen LogP contribution in [0, 0.1) is 6.92 Å². The number of anilines is 2. The van der Waals surface area contributed by atoms with Gasteiger partial charge in [0, 0.05) is 17.8 Å². The van der Waals surface area contributed by atoms with Crippen molar-refractivity contribution in [1.29, 1.82) is 0 Å². The molecule has 0 saturated carbocycles. The van der Waals surface area contributed by atoms with Crippen LogP contribution in [0.5, 0.6) is 11.5 Å². The van der Waals surface area contributed by atoms with E-state index in [-0.39, 0.29) is 11.7 Å². The van der Waals surface area contributed by atoms with Gasteiger partial charge in [0.15, 0.2) is 0 Å². The Balaban J connectivity index is 1.70. The number of benzene rings is 2. The first kappa shape index (κ1) is 19.7. The van der Waals surface area contributed by atoms with Crippen molar-refractivity contribution in [3.63, 3.8) is 0 Å². The zero-order valence-corrected chi connectivity index (χ0v) is 16.3. The van der Waals surface area contributed by atoms with Crippen molar-refractivity contribution in [3.8, 4) is 11.5 Å². The minimum absolute atomic E-state index is 0.163. The molecule has 7 heteroatoms. The number of ether oxygens (including phenoxy) is 2. The lowest BCUT2D eigenvalue weighted by molar-refractivity contribution is 0.102. The molecule has 0 aliphatic carbocycles. The molecule has 3 rings (SSSR count). The van der Waals surface area contributed by atoms with E-state index in [9.17, 15) is 4.79 Å². The van der Waals surface area contributed by atoms with Crippen LogP contribution in [0.1, 0.15) is 21.6 Å². The number of methoxy groups -OCH3 is 1. The number of aromatic nitrogens is 1. The van der Waals surface area contributed by atoms with Gasteiger partial charge in [0.2, 0.25) is 0 Å². The number of carbonyl (C=O) groups excluding carboxylic acids is 1. The van der Waals surface area contributed by atoms with E-state index in [1.165, 1.54) is 0 Å². The van der Waals surface area contributed by atoms with Gasteiger partial charge in [0.25, 0.3) is 5.91 Å². The van der Waals surface area contributed by atoms with Crippen molar-refractivity contribution in [2.24, 2.45) is 0 Å². The minimum atomic E-state index is -0.333. The number of rotatable bonds is 6. The summed E-state index contributed by atoms with van der Waals surface area (Å²) in [6.45, 7) is 2.20. The fourth-order valence-corrected chi connectivity index (χ4v) is 2.78. The van der Waals surface area contributed by atoms with Gasteiger partial charge < -0.3 is 20.5 Å². The Bertz CT molecular complexity index is 991. The fourth-order valence-electron chi connectivity index (χ4n) is 2.60. The molecule has 144 valence electrons. The number of aryl methyl sites for hydroxylation is 1. The third-order valence-electron chi connectivity index (χ3n) is 4.02. The molecule has 2 aromatic carbocycles. The van der Waals surface area contributed by atoms with Gasteiger partial charge in [-0.1, -0.05) is 17.7 Å². The second kappa shape index (κ2) is 8.73. The number of nitrogens with zero attached hydrogens (tertiary/aromatic N) is 1. The SMILES string of the molecule is COCc1nc(N)c(C(=O)Nc2ccc(Oc3cccc(Cl)c3)cc2)cc1C. The summed E-state index contributed by atoms with van der Waals surface area (Å²) in [6, 6.07) is 15.8. The van der Waals surface area contributed by atoms with Crippen LogP contribution in [0.25, 0.3) is 0 Å². The standard InChI is InChI=1S/C21H20ClN3O3/c1-13-10-18(20(23)25-19(13)12-27-2)21(26)24-15-6-8-16(9-7-15)28-17-5-3-4-14(22)11-17/h3-11H,12H2,1-2H3,(H2,23,25)(H,24,26). The maximum absolute atomic E-state index is 12.6. The number of carbonyl (C=O) groups is 1. The third-order valence-corrected chi connectivity index (χ3v) is 4.25. The van der Waals surface area contributed by atoms with Crippen molar-refractivity contribution in [3.05, 3.63) is 76.4 Å². The van der Waals surface area contributed by atoms with E-state index in [0.29, 0.717) is 40.1 Å². The molecule has 0 unspecified atom stereocenters. The molecule has 3 aromatic rings. The fraction of sp³-hybridized carbons (Fsp3) is 0.143. The van der Waals surface area contributed by atoms with Crippen LogP contribution in [-0.4, -0.2) is 18.0 Å². The van der Waals surface area contributed by atoms with E-state index in [1.54, 1.807) is 49.6 Å². The highest BCUT2D eigenvalue weighted by molar-refractivity contribution is 6.30. The molecule has 6 nitrogen and oxygen atoms in total. The highest BCUT2D eigenvalue weighted by Crippen LogP contribution is 2.25. The monoisotopic (exact) mass is 397 g/mol. The highest BCUT2D eigenvalue weighted by Gasteiger charge is 2.14. The minimum Gasteiger partial charge on any atom is -0.457 e. The number of nitrogen functional groups attached to an aromatic ring is 1. The van der Waals surface area contributed by atoms with Gasteiger partial charge in [0.1, 0.15) is 17.3 Å². The molecule has 0 saturated heterocycles. The van der Waals surface area contributed by atoms with Gasteiger partial charge >= 0.3 is 0 Å². The lowest BCUT2D eigenvalue weighted by Gasteiger charge is -2.11. The van der Waals surface area contributed by atoms with E-state index in [2.05, 4.69) is 10.3 Å². The van der Waals surface area contributed by atoms with Gasteiger partial charge in [-0.05, 0) is 61.0 Å². The van der Waals surface area contributed by atoms with Crippen LogP contribution in [-0.2, 0) is 11.3 Å². The Morgan fingerprint density at radius 3 is 2.57 bits per heavy atom. The van der Waals surface area contributed by atoms with Gasteiger partial charge in [-0.25, -0.2) is 4.98 Å². The molecule has 0 bridgehead atoms. The van der Waals surface area contributed by atoms with E-state index in [0.717, 1.165) is 5.56 Å². The summed E-state index contributed by atoms with van der Waals surface area (Å²) in [6.07, 6.45) is 0. The largest absolute Gasteiger partial charge is 0.457 e. The van der Waals surface area contributed by atoms with E-state index in [1.807, 2.05) is 19.1 Å². The van der Waals surface area contributed by atoms with Gasteiger partial charge in [0.05, 0.1) is 17.9 Å². The molecular formula is C21H20ClN3O3. The van der Waals surface area contributed by atoms with Crippen LogP contribution in [0.2, 0.25) is 5.02 Å². The number of nitrogens with one attached hydrogen (secondary N) is 1. The average molecular weight is 398 g/mol. The van der Waals surface area contributed by atoms with Crippen LogP contribution < -0.4 is 15.8 Å². The van der Waals surface area contributed by atoms with E-state index in [4.69, 9.17) is 26.8 Å². The van der Waals surface area contributed by atoms with Crippen molar-refractivity contribution in [1.82, 2.24) is 4.98 Å². The molecule has 3 N–H and O–H groups in total. The predicted molar refractivity (Wildman–Crippen MR) is 110 cm³/mol. The molecule has 0 radical (unpaired) electrons. The topological polar surface area (TPSA) is 86.5 Å². The average Bonchev–Trinajstić information content (AvgIpc) is 2.66. The number of hydrogen-bond acceptors (Lipinski definition) is 5. The summed E-state index contributed by atoms with van der Waals surface area (Å²) in [5.74, 6) is 1.09. The number of nitrogens with two attached hydrogens (primary N) is 1. The van der Waals surface area contributed by atoms with Crippen molar-refractivity contribution < 1.29 is 14.3 Å². The number of hydrogen-bond donors (Lipinski definition) is 2. The van der Waals surface area contributed by atoms with Crippen LogP contribution in [0.4, 0.5) is 11.5 Å². The molecule has 0 spiro atoms. The van der Waals surface area contributed by atoms with Crippen molar-refractivity contribution >= 4 is 29.0 Å². The maximum Gasteiger partial charge on any atom is 0.259 e. The molecule has 1 heterocycles. The van der Waals surface area contributed by atoms with Gasteiger partial charge in [-0.2, -0.15) is 0 Å². The molecule has 0 fully saturated rings. The summed E-state index contributed by atoms with van der Waals surface area (Å²) in [4.78, 5) is 16.8. The van der Waals surface area contributed by atoms with E-state index >= 15 is 0 Å². The number of halogens is 1. The second-order valence-corrected chi connectivity index (χ2v) is 6.59. The molecule has 0 aliphatic heterocycles. The summed E-state index contributed by atoms with van der Waals surface area (Å²) in [7, 11) is 1.58. The lowest BCUT2D eigenvalue weighted by Crippen LogP contribution is -2.16. The normalized spacial score (nSPS) is 10.5. The molecular weight excluding hydrogens is 378 g/mol. The van der Waals surface area contributed by atoms with Crippen LogP contribution in [0.15, 0.2) is 54.6 Å². The molecule has 0 aliphatic rings. The summed E-state index contributed by atoms with van der Waals surface area (Å²) in [5, 5.41) is 3.41. The first-order chi connectivity index (χ1) is 13.5. The summed E-state index contributed by atoms with van der Waals surface area (Å²) < 4.78 is 10.8. The van der Waals surface area contributed by atoms with Crippen LogP contribution in [0.3, 0.4) is 0 Å². The van der Waals surface area contributed by atoms with E-state index < -0.39 is 0 Å². The smallest absolute Gasteiger partial charge is 0.259 e. The van der Waals surface area contributed by atoms with Gasteiger partial charge in [-0.3, -0.25) is 4.79 Å². The Kier molecular flexibility index (Phi) is 6.13.